The maximum absolute atomic E-state index is 10.7. The van der Waals surface area contributed by atoms with Crippen LogP contribution in [0.1, 0.15) is 94.9 Å². The minimum atomic E-state index is -0.238. The molecule has 2 rings (SSSR count). The lowest BCUT2D eigenvalue weighted by Crippen LogP contribution is -2.69. The molecule has 0 spiro atoms. The van der Waals surface area contributed by atoms with Gasteiger partial charge in [0.2, 0.25) is 0 Å². The van der Waals surface area contributed by atoms with Gasteiger partial charge in [-0.3, -0.25) is 5.32 Å². The van der Waals surface area contributed by atoms with Gasteiger partial charge < -0.3 is 14.9 Å². The molecule has 2 aliphatic heterocycles. The highest BCUT2D eigenvalue weighted by Crippen LogP contribution is 2.44. The molecule has 0 amide bonds. The van der Waals surface area contributed by atoms with Crippen LogP contribution in [0, 0.1) is 5.92 Å². The average Bonchev–Trinajstić information content (AvgIpc) is 2.54. The standard InChI is InChI=1S/C24H51N4O2/c1-20(2)13-18(14-21(3,4)26(20)29)24(9,10)25-17-28(11,12)19-15-22(5,6)27(30)23(7,8)16-19/h18-19,25,29-30H,13-17H2,1-12H3/q+1. The van der Waals surface area contributed by atoms with Gasteiger partial charge in [0.25, 0.3) is 0 Å². The fraction of sp³-hybridized carbons (Fsp3) is 1.00. The van der Waals surface area contributed by atoms with Gasteiger partial charge in [0, 0.05) is 40.5 Å². The lowest BCUT2D eigenvalue weighted by atomic mass is 9.68. The van der Waals surface area contributed by atoms with Crippen LogP contribution >= 0.6 is 0 Å². The molecule has 0 aromatic rings. The second-order valence-corrected chi connectivity index (χ2v) is 13.9. The summed E-state index contributed by atoms with van der Waals surface area (Å²) in [5.74, 6) is 0.470. The van der Waals surface area contributed by atoms with Crippen LogP contribution in [0.25, 0.3) is 0 Å². The highest BCUT2D eigenvalue weighted by molar-refractivity contribution is 5.02. The quantitative estimate of drug-likeness (QED) is 0.447. The molecule has 6 nitrogen and oxygen atoms in total. The zero-order valence-electron chi connectivity index (χ0n) is 21.9. The Morgan fingerprint density at radius 3 is 1.47 bits per heavy atom. The first kappa shape index (κ1) is 26.0. The van der Waals surface area contributed by atoms with E-state index < -0.39 is 0 Å². The van der Waals surface area contributed by atoms with E-state index in [4.69, 9.17) is 0 Å². The number of quaternary nitrogens is 1. The van der Waals surface area contributed by atoms with Crippen molar-refractivity contribution in [3.05, 3.63) is 0 Å². The summed E-state index contributed by atoms with van der Waals surface area (Å²) in [6.45, 7) is 22.7. The van der Waals surface area contributed by atoms with Crippen LogP contribution in [0.3, 0.4) is 0 Å². The number of rotatable bonds is 5. The Morgan fingerprint density at radius 2 is 1.10 bits per heavy atom. The highest BCUT2D eigenvalue weighted by atomic mass is 16.5. The lowest BCUT2D eigenvalue weighted by Gasteiger charge is -2.56. The molecule has 0 saturated carbocycles. The van der Waals surface area contributed by atoms with Crippen LogP contribution in [-0.2, 0) is 0 Å². The third-order valence-corrected chi connectivity index (χ3v) is 8.21. The van der Waals surface area contributed by atoms with Crippen LogP contribution in [0.5, 0.6) is 0 Å². The molecular formula is C24H51N4O2+. The average molecular weight is 428 g/mol. The number of piperidine rings is 2. The van der Waals surface area contributed by atoms with Gasteiger partial charge in [-0.15, -0.1) is 0 Å². The molecule has 30 heavy (non-hydrogen) atoms. The van der Waals surface area contributed by atoms with Crippen molar-refractivity contribution >= 4 is 0 Å². The molecule has 0 aromatic carbocycles. The van der Waals surface area contributed by atoms with E-state index in [9.17, 15) is 10.4 Å². The molecule has 0 radical (unpaired) electrons. The summed E-state index contributed by atoms with van der Waals surface area (Å²) in [6.07, 6.45) is 3.85. The zero-order valence-corrected chi connectivity index (χ0v) is 21.9. The lowest BCUT2D eigenvalue weighted by molar-refractivity contribution is -0.921. The van der Waals surface area contributed by atoms with Gasteiger partial charge >= 0.3 is 0 Å². The van der Waals surface area contributed by atoms with Crippen molar-refractivity contribution in [2.75, 3.05) is 20.8 Å². The normalized spacial score (nSPS) is 28.6. The van der Waals surface area contributed by atoms with Crippen molar-refractivity contribution in [2.24, 2.45) is 5.92 Å². The van der Waals surface area contributed by atoms with Crippen molar-refractivity contribution in [1.82, 2.24) is 15.4 Å². The molecule has 3 N–H and O–H groups in total. The van der Waals surface area contributed by atoms with E-state index in [0.29, 0.717) is 12.0 Å². The Kier molecular flexibility index (Phi) is 6.65. The number of nitrogens with one attached hydrogen (secondary N) is 1. The molecular weight excluding hydrogens is 376 g/mol. The van der Waals surface area contributed by atoms with Crippen LogP contribution in [0.15, 0.2) is 0 Å². The Bertz CT molecular complexity index is 535. The number of hydrogen-bond donors (Lipinski definition) is 3. The van der Waals surface area contributed by atoms with Crippen molar-refractivity contribution in [2.45, 2.75) is 129 Å². The van der Waals surface area contributed by atoms with E-state index in [1.807, 2.05) is 0 Å². The molecule has 0 atom stereocenters. The summed E-state index contributed by atoms with van der Waals surface area (Å²) in [4.78, 5) is 0. The van der Waals surface area contributed by atoms with Gasteiger partial charge in [0.05, 0.1) is 20.1 Å². The first-order chi connectivity index (χ1) is 13.1. The topological polar surface area (TPSA) is 59.0 Å². The van der Waals surface area contributed by atoms with Gasteiger partial charge in [0.15, 0.2) is 0 Å². The van der Waals surface area contributed by atoms with Crippen LogP contribution < -0.4 is 5.32 Å². The molecule has 178 valence electrons. The zero-order chi connectivity index (χ0) is 23.6. The maximum Gasteiger partial charge on any atom is 0.132 e. The van der Waals surface area contributed by atoms with E-state index in [1.165, 1.54) is 0 Å². The summed E-state index contributed by atoms with van der Waals surface area (Å²) in [5.41, 5.74) is -0.984. The molecule has 0 aliphatic carbocycles. The summed E-state index contributed by atoms with van der Waals surface area (Å²) >= 11 is 0. The van der Waals surface area contributed by atoms with Crippen molar-refractivity contribution in [1.29, 1.82) is 0 Å². The van der Waals surface area contributed by atoms with E-state index >= 15 is 0 Å². The van der Waals surface area contributed by atoms with Gasteiger partial charge in [-0.05, 0) is 88.0 Å². The fourth-order valence-electron chi connectivity index (χ4n) is 6.17. The molecule has 6 heteroatoms. The summed E-state index contributed by atoms with van der Waals surface area (Å²) in [5, 5.41) is 28.4. The van der Waals surface area contributed by atoms with Crippen molar-refractivity contribution < 1.29 is 14.9 Å². The summed E-state index contributed by atoms with van der Waals surface area (Å²) in [7, 11) is 4.63. The van der Waals surface area contributed by atoms with Crippen molar-refractivity contribution in [3.63, 3.8) is 0 Å². The second-order valence-electron chi connectivity index (χ2n) is 13.9. The third kappa shape index (κ3) is 5.05. The van der Waals surface area contributed by atoms with E-state index in [1.54, 1.807) is 10.1 Å². The Hall–Kier alpha value is -0.240. The van der Waals surface area contributed by atoms with Crippen LogP contribution in [0.2, 0.25) is 0 Å². The van der Waals surface area contributed by atoms with Gasteiger partial charge in [-0.2, -0.15) is 10.1 Å². The van der Waals surface area contributed by atoms with Gasteiger partial charge in [-0.25, -0.2) is 0 Å². The number of nitrogens with zero attached hydrogens (tertiary/aromatic N) is 3. The monoisotopic (exact) mass is 427 g/mol. The Balaban J connectivity index is 2.13. The molecule has 2 fully saturated rings. The SMILES string of the molecule is CC(C)(NC[N+](C)(C)C1CC(C)(C)N(O)C(C)(C)C1)C1CC(C)(C)N(O)C(C)(C)C1. The molecule has 0 unspecified atom stereocenters. The molecule has 2 aliphatic rings. The minimum Gasteiger partial charge on any atom is -0.314 e. The molecule has 0 bridgehead atoms. The first-order valence-corrected chi connectivity index (χ1v) is 11.7. The van der Waals surface area contributed by atoms with Crippen LogP contribution in [0.4, 0.5) is 0 Å². The predicted octanol–water partition coefficient (Wildman–Crippen LogP) is 4.46. The summed E-state index contributed by atoms with van der Waals surface area (Å²) < 4.78 is 0.885. The Morgan fingerprint density at radius 1 is 0.767 bits per heavy atom. The first-order valence-electron chi connectivity index (χ1n) is 11.7. The predicted molar refractivity (Wildman–Crippen MR) is 124 cm³/mol. The molecule has 2 saturated heterocycles. The van der Waals surface area contributed by atoms with Crippen LogP contribution in [-0.4, -0.2) is 79.5 Å². The largest absolute Gasteiger partial charge is 0.314 e. The molecule has 0 aromatic heterocycles. The third-order valence-electron chi connectivity index (χ3n) is 8.21. The minimum absolute atomic E-state index is 0.0337. The number of hydroxylamine groups is 4. The van der Waals surface area contributed by atoms with Gasteiger partial charge in [0.1, 0.15) is 6.67 Å². The van der Waals surface area contributed by atoms with E-state index in [0.717, 1.165) is 36.8 Å². The van der Waals surface area contributed by atoms with E-state index in [-0.39, 0.29) is 27.7 Å². The number of hydrogen-bond acceptors (Lipinski definition) is 5. The second kappa shape index (κ2) is 7.67. The fourth-order valence-corrected chi connectivity index (χ4v) is 6.17. The Labute approximate surface area is 186 Å². The van der Waals surface area contributed by atoms with Gasteiger partial charge in [-0.1, -0.05) is 0 Å². The molecule has 2 heterocycles. The summed E-state index contributed by atoms with van der Waals surface area (Å²) in [6, 6.07) is 0.467. The highest BCUT2D eigenvalue weighted by Gasteiger charge is 2.52. The maximum atomic E-state index is 10.7. The smallest absolute Gasteiger partial charge is 0.132 e. The van der Waals surface area contributed by atoms with Crippen molar-refractivity contribution in [3.8, 4) is 0 Å². The van der Waals surface area contributed by atoms with E-state index in [2.05, 4.69) is 88.6 Å².